The van der Waals surface area contributed by atoms with Crippen LogP contribution in [0.2, 0.25) is 0 Å². The standard InChI is InChI=1S/C5H5NO3.C4H6N2O3/c1-9-6-4(7)2-3-5(6)8;5-9-6-3(7)1-2-4(6)8/h2-3H,1H3;1-2,5H2. The molecule has 0 saturated carbocycles. The molecule has 9 heteroatoms. The predicted octanol–water partition coefficient (Wildman–Crippen LogP) is -1.59. The fourth-order valence-corrected chi connectivity index (χ4v) is 1.24. The van der Waals surface area contributed by atoms with Crippen molar-refractivity contribution >= 4 is 23.6 Å². The Balaban J connectivity index is 0.000000180. The molecule has 0 bridgehead atoms. The van der Waals surface area contributed by atoms with Crippen molar-refractivity contribution in [2.45, 2.75) is 12.8 Å². The van der Waals surface area contributed by atoms with Crippen LogP contribution in [0, 0.1) is 0 Å². The third-order valence-electron chi connectivity index (χ3n) is 2.06. The van der Waals surface area contributed by atoms with E-state index in [-0.39, 0.29) is 24.7 Å². The zero-order valence-electron chi connectivity index (χ0n) is 9.49. The van der Waals surface area contributed by atoms with E-state index in [1.807, 2.05) is 0 Å². The Morgan fingerprint density at radius 1 is 1.00 bits per heavy atom. The molecule has 98 valence electrons. The molecule has 0 unspecified atom stereocenters. The van der Waals surface area contributed by atoms with Gasteiger partial charge in [-0.1, -0.05) is 0 Å². The summed E-state index contributed by atoms with van der Waals surface area (Å²) in [5.74, 6) is 3.00. The van der Waals surface area contributed by atoms with Crippen molar-refractivity contribution in [3.05, 3.63) is 12.2 Å². The van der Waals surface area contributed by atoms with Gasteiger partial charge in [0.25, 0.3) is 23.6 Å². The maximum Gasteiger partial charge on any atom is 0.277 e. The molecule has 0 aromatic carbocycles. The number of carbonyl (C=O) groups is 4. The molecule has 0 aromatic rings. The maximum atomic E-state index is 10.5. The molecule has 0 aromatic heterocycles. The first-order valence-electron chi connectivity index (χ1n) is 4.84. The first-order valence-corrected chi connectivity index (χ1v) is 4.84. The molecule has 1 fully saturated rings. The summed E-state index contributed by atoms with van der Waals surface area (Å²) in [7, 11) is 1.27. The number of imide groups is 2. The Bertz CT molecular complexity index is 383. The van der Waals surface area contributed by atoms with Crippen LogP contribution in [0.3, 0.4) is 0 Å². The van der Waals surface area contributed by atoms with Crippen LogP contribution in [0.5, 0.6) is 0 Å². The molecule has 0 atom stereocenters. The number of carbonyl (C=O) groups excluding carboxylic acids is 4. The van der Waals surface area contributed by atoms with Crippen molar-refractivity contribution in [3.8, 4) is 0 Å². The Kier molecular flexibility index (Phi) is 4.66. The zero-order chi connectivity index (χ0) is 13.7. The van der Waals surface area contributed by atoms with Crippen molar-refractivity contribution in [1.29, 1.82) is 0 Å². The van der Waals surface area contributed by atoms with Gasteiger partial charge in [0.05, 0.1) is 7.11 Å². The molecular weight excluding hydrogens is 246 g/mol. The van der Waals surface area contributed by atoms with Gasteiger partial charge in [0.15, 0.2) is 0 Å². The average Bonchev–Trinajstić information content (AvgIpc) is 2.83. The molecule has 2 aliphatic heterocycles. The second-order valence-corrected chi connectivity index (χ2v) is 3.17. The number of nitrogens with two attached hydrogens (primary N) is 1. The van der Waals surface area contributed by atoms with Crippen LogP contribution in [0.4, 0.5) is 0 Å². The lowest BCUT2D eigenvalue weighted by Crippen LogP contribution is -2.31. The lowest BCUT2D eigenvalue weighted by Gasteiger charge is -2.07. The van der Waals surface area contributed by atoms with Crippen LogP contribution in [0.25, 0.3) is 0 Å². The molecule has 2 heterocycles. The SMILES string of the molecule is CON1C(=O)C=CC1=O.NON1C(=O)CCC1=O. The minimum absolute atomic E-state index is 0.204. The van der Waals surface area contributed by atoms with E-state index in [4.69, 9.17) is 0 Å². The van der Waals surface area contributed by atoms with E-state index in [1.54, 1.807) is 0 Å². The highest BCUT2D eigenvalue weighted by Gasteiger charge is 2.29. The fraction of sp³-hybridized carbons (Fsp3) is 0.333. The summed E-state index contributed by atoms with van der Waals surface area (Å²) in [4.78, 5) is 50.4. The molecule has 2 aliphatic rings. The molecule has 18 heavy (non-hydrogen) atoms. The molecule has 4 amide bonds. The van der Waals surface area contributed by atoms with Crippen molar-refractivity contribution in [3.63, 3.8) is 0 Å². The third-order valence-corrected chi connectivity index (χ3v) is 2.06. The average molecular weight is 257 g/mol. The van der Waals surface area contributed by atoms with Crippen LogP contribution in [0.15, 0.2) is 12.2 Å². The summed E-state index contributed by atoms with van der Waals surface area (Å²) in [5, 5.41) is 1.25. The second-order valence-electron chi connectivity index (χ2n) is 3.17. The number of hydrogen-bond donors (Lipinski definition) is 1. The van der Waals surface area contributed by atoms with E-state index < -0.39 is 11.8 Å². The molecule has 1 saturated heterocycles. The van der Waals surface area contributed by atoms with Gasteiger partial charge in [-0.2, -0.15) is 10.8 Å². The van der Waals surface area contributed by atoms with Crippen molar-refractivity contribution in [1.82, 2.24) is 10.1 Å². The highest BCUT2D eigenvalue weighted by atomic mass is 16.8. The Morgan fingerprint density at radius 3 is 1.67 bits per heavy atom. The Labute approximate surface area is 102 Å². The number of amides is 4. The lowest BCUT2D eigenvalue weighted by atomic mass is 10.4. The summed E-state index contributed by atoms with van der Waals surface area (Å²) in [6.07, 6.45) is 2.73. The third kappa shape index (κ3) is 2.97. The first-order chi connectivity index (χ1) is 8.51. The van der Waals surface area contributed by atoms with E-state index >= 15 is 0 Å². The Morgan fingerprint density at radius 2 is 1.44 bits per heavy atom. The summed E-state index contributed by atoms with van der Waals surface area (Å²) in [6, 6.07) is 0. The van der Waals surface area contributed by atoms with Crippen LogP contribution in [0.1, 0.15) is 12.8 Å². The van der Waals surface area contributed by atoms with E-state index in [1.165, 1.54) is 7.11 Å². The van der Waals surface area contributed by atoms with E-state index in [0.29, 0.717) is 10.1 Å². The molecule has 0 aliphatic carbocycles. The van der Waals surface area contributed by atoms with Crippen molar-refractivity contribution < 1.29 is 29.0 Å². The largest absolute Gasteiger partial charge is 0.277 e. The first kappa shape index (κ1) is 14.0. The van der Waals surface area contributed by atoms with Crippen LogP contribution >= 0.6 is 0 Å². The van der Waals surface area contributed by atoms with Gasteiger partial charge in [-0.05, 0) is 0 Å². The van der Waals surface area contributed by atoms with Gasteiger partial charge >= 0.3 is 0 Å². The predicted molar refractivity (Wildman–Crippen MR) is 54.4 cm³/mol. The van der Waals surface area contributed by atoms with Gasteiger partial charge in [0.2, 0.25) is 0 Å². The summed E-state index contributed by atoms with van der Waals surface area (Å²) in [5.41, 5.74) is 0. The fourth-order valence-electron chi connectivity index (χ4n) is 1.24. The van der Waals surface area contributed by atoms with Crippen molar-refractivity contribution in [2.75, 3.05) is 7.11 Å². The number of nitrogens with zero attached hydrogens (tertiary/aromatic N) is 2. The molecule has 9 nitrogen and oxygen atoms in total. The van der Waals surface area contributed by atoms with E-state index in [2.05, 4.69) is 15.7 Å². The topological polar surface area (TPSA) is 119 Å². The molecular formula is C9H11N3O6. The van der Waals surface area contributed by atoms with Gasteiger partial charge in [0, 0.05) is 25.0 Å². The minimum atomic E-state index is -0.428. The van der Waals surface area contributed by atoms with Gasteiger partial charge in [-0.3, -0.25) is 24.0 Å². The smallest absolute Gasteiger partial charge is 0.272 e. The quantitative estimate of drug-likeness (QED) is 0.468. The molecule has 2 rings (SSSR count). The lowest BCUT2D eigenvalue weighted by molar-refractivity contribution is -0.189. The van der Waals surface area contributed by atoms with Gasteiger partial charge < -0.3 is 0 Å². The van der Waals surface area contributed by atoms with Crippen LogP contribution in [-0.2, 0) is 29.0 Å². The Hall–Kier alpha value is -2.10. The molecule has 0 spiro atoms. The molecule has 0 radical (unpaired) electrons. The zero-order valence-corrected chi connectivity index (χ0v) is 9.49. The van der Waals surface area contributed by atoms with Crippen LogP contribution < -0.4 is 5.90 Å². The van der Waals surface area contributed by atoms with E-state index in [0.717, 1.165) is 12.2 Å². The monoisotopic (exact) mass is 257 g/mol. The normalized spacial score (nSPS) is 18.6. The number of hydroxylamine groups is 4. The summed E-state index contributed by atoms with van der Waals surface area (Å²) >= 11 is 0. The number of hydrogen-bond acceptors (Lipinski definition) is 7. The van der Waals surface area contributed by atoms with Gasteiger partial charge in [-0.15, -0.1) is 10.1 Å². The highest BCUT2D eigenvalue weighted by molar-refractivity contribution is 6.11. The summed E-state index contributed by atoms with van der Waals surface area (Å²) < 4.78 is 0. The minimum Gasteiger partial charge on any atom is -0.272 e. The maximum absolute atomic E-state index is 10.5. The molecule has 2 N–H and O–H groups in total. The highest BCUT2D eigenvalue weighted by Crippen LogP contribution is 2.09. The van der Waals surface area contributed by atoms with Gasteiger partial charge in [-0.25, -0.2) is 0 Å². The van der Waals surface area contributed by atoms with E-state index in [9.17, 15) is 19.2 Å². The van der Waals surface area contributed by atoms with Crippen molar-refractivity contribution in [2.24, 2.45) is 5.90 Å². The van der Waals surface area contributed by atoms with Crippen LogP contribution in [-0.4, -0.2) is 40.9 Å². The number of rotatable bonds is 2. The van der Waals surface area contributed by atoms with Gasteiger partial charge in [0.1, 0.15) is 0 Å². The second kappa shape index (κ2) is 6.00. The summed E-state index contributed by atoms with van der Waals surface area (Å²) in [6.45, 7) is 0.